The number of hydrogen-bond donors (Lipinski definition) is 3. The van der Waals surface area contributed by atoms with Crippen molar-refractivity contribution in [3.63, 3.8) is 0 Å². The van der Waals surface area contributed by atoms with Crippen LogP contribution in [0.25, 0.3) is 22.4 Å². The molecule has 34 heavy (non-hydrogen) atoms. The molecule has 0 bridgehead atoms. The van der Waals surface area contributed by atoms with Crippen molar-refractivity contribution >= 4 is 16.9 Å². The Morgan fingerprint density at radius 1 is 1.29 bits per heavy atom. The van der Waals surface area contributed by atoms with Gasteiger partial charge in [0, 0.05) is 19.5 Å². The molecule has 0 unspecified atom stereocenters. The van der Waals surface area contributed by atoms with Crippen LogP contribution < -0.4 is 15.8 Å². The van der Waals surface area contributed by atoms with Gasteiger partial charge in [0.2, 0.25) is 5.91 Å². The highest BCUT2D eigenvalue weighted by molar-refractivity contribution is 5.80. The number of nitrogens with one attached hydrogen (secondary N) is 2. The molecule has 3 N–H and O–H groups in total. The predicted octanol–water partition coefficient (Wildman–Crippen LogP) is 2.39. The molecule has 1 aliphatic heterocycles. The number of fused-ring (bicyclic) bond motifs is 1. The summed E-state index contributed by atoms with van der Waals surface area (Å²) in [6.07, 6.45) is 3.05. The Kier molecular flexibility index (Phi) is 7.28. The number of aromatic amines is 1. The number of rotatable bonds is 8. The Bertz CT molecular complexity index is 1230. The molecule has 1 aliphatic rings. The molecule has 0 atom stereocenters. The SMILES string of the molecule is CCCc1nn(C)c2c(=O)[nH]c(-c3cc(CN4CCC(C(=O)NO)CC4)ccc3OCC)nc12. The fourth-order valence-corrected chi connectivity index (χ4v) is 4.62. The number of aryl methyl sites for hydroxylation is 2. The third kappa shape index (κ3) is 4.83. The van der Waals surface area contributed by atoms with Gasteiger partial charge in [0.15, 0.2) is 5.52 Å². The quantitative estimate of drug-likeness (QED) is 0.342. The normalized spacial score (nSPS) is 15.1. The molecule has 4 rings (SSSR count). The molecule has 2 aromatic heterocycles. The van der Waals surface area contributed by atoms with Crippen LogP contribution in [0.1, 0.15) is 44.4 Å². The van der Waals surface area contributed by atoms with Crippen molar-refractivity contribution in [1.82, 2.24) is 30.1 Å². The summed E-state index contributed by atoms with van der Waals surface area (Å²) < 4.78 is 7.45. The number of hydroxylamine groups is 1. The van der Waals surface area contributed by atoms with Crippen LogP contribution in [0.2, 0.25) is 0 Å². The van der Waals surface area contributed by atoms with Gasteiger partial charge in [-0.15, -0.1) is 0 Å². The first-order chi connectivity index (χ1) is 16.4. The molecule has 10 nitrogen and oxygen atoms in total. The first-order valence-electron chi connectivity index (χ1n) is 11.8. The second kappa shape index (κ2) is 10.4. The van der Waals surface area contributed by atoms with Gasteiger partial charge in [0.1, 0.15) is 17.1 Å². The summed E-state index contributed by atoms with van der Waals surface area (Å²) in [6.45, 7) is 6.71. The van der Waals surface area contributed by atoms with Crippen LogP contribution in [0, 0.1) is 5.92 Å². The number of H-pyrrole nitrogens is 1. The van der Waals surface area contributed by atoms with Gasteiger partial charge in [-0.25, -0.2) is 10.5 Å². The molecule has 0 saturated carbocycles. The van der Waals surface area contributed by atoms with E-state index in [0.717, 1.165) is 42.8 Å². The second-order valence-electron chi connectivity index (χ2n) is 8.72. The van der Waals surface area contributed by atoms with Crippen LogP contribution in [0.4, 0.5) is 0 Å². The monoisotopic (exact) mass is 468 g/mol. The molecule has 1 saturated heterocycles. The fourth-order valence-electron chi connectivity index (χ4n) is 4.62. The summed E-state index contributed by atoms with van der Waals surface area (Å²) in [5.41, 5.74) is 5.24. The van der Waals surface area contributed by atoms with Crippen LogP contribution in [0.3, 0.4) is 0 Å². The van der Waals surface area contributed by atoms with Gasteiger partial charge in [-0.3, -0.25) is 24.4 Å². The predicted molar refractivity (Wildman–Crippen MR) is 128 cm³/mol. The molecular formula is C24H32N6O4. The maximum atomic E-state index is 12.9. The molecule has 0 aliphatic carbocycles. The molecule has 0 radical (unpaired) electrons. The Hall–Kier alpha value is -3.24. The van der Waals surface area contributed by atoms with Crippen LogP contribution >= 0.6 is 0 Å². The highest BCUT2D eigenvalue weighted by Gasteiger charge is 2.25. The lowest BCUT2D eigenvalue weighted by atomic mass is 9.96. The Morgan fingerprint density at radius 3 is 2.74 bits per heavy atom. The third-order valence-corrected chi connectivity index (χ3v) is 6.32. The van der Waals surface area contributed by atoms with Crippen molar-refractivity contribution in [2.75, 3.05) is 19.7 Å². The minimum absolute atomic E-state index is 0.157. The first-order valence-corrected chi connectivity index (χ1v) is 11.8. The number of benzene rings is 1. The fraction of sp³-hybridized carbons (Fsp3) is 0.500. The summed E-state index contributed by atoms with van der Waals surface area (Å²) in [4.78, 5) is 34.6. The van der Waals surface area contributed by atoms with Crippen molar-refractivity contribution in [3.05, 3.63) is 39.8 Å². The van der Waals surface area contributed by atoms with Crippen molar-refractivity contribution in [1.29, 1.82) is 0 Å². The highest BCUT2D eigenvalue weighted by Crippen LogP contribution is 2.30. The molecular weight excluding hydrogens is 436 g/mol. The number of nitrogens with zero attached hydrogens (tertiary/aromatic N) is 4. The number of carbonyl (C=O) groups is 1. The zero-order valence-corrected chi connectivity index (χ0v) is 19.9. The summed E-state index contributed by atoms with van der Waals surface area (Å²) in [5, 5.41) is 13.4. The van der Waals surface area contributed by atoms with Crippen LogP contribution in [-0.2, 0) is 24.8 Å². The summed E-state index contributed by atoms with van der Waals surface area (Å²) >= 11 is 0. The third-order valence-electron chi connectivity index (χ3n) is 6.32. The maximum absolute atomic E-state index is 12.9. The zero-order chi connectivity index (χ0) is 24.2. The maximum Gasteiger partial charge on any atom is 0.277 e. The van der Waals surface area contributed by atoms with Crippen molar-refractivity contribution in [2.24, 2.45) is 13.0 Å². The van der Waals surface area contributed by atoms with Crippen molar-refractivity contribution in [2.45, 2.75) is 46.1 Å². The van der Waals surface area contributed by atoms with E-state index in [1.807, 2.05) is 25.1 Å². The average molecular weight is 469 g/mol. The minimum Gasteiger partial charge on any atom is -0.493 e. The highest BCUT2D eigenvalue weighted by atomic mass is 16.5. The van der Waals surface area contributed by atoms with E-state index in [2.05, 4.69) is 21.9 Å². The number of hydrogen-bond acceptors (Lipinski definition) is 7. The van der Waals surface area contributed by atoms with E-state index in [-0.39, 0.29) is 17.4 Å². The smallest absolute Gasteiger partial charge is 0.277 e. The topological polar surface area (TPSA) is 125 Å². The lowest BCUT2D eigenvalue weighted by Crippen LogP contribution is -2.39. The largest absolute Gasteiger partial charge is 0.493 e. The molecule has 1 fully saturated rings. The van der Waals surface area contributed by atoms with Crippen LogP contribution in [-0.4, -0.2) is 55.5 Å². The Morgan fingerprint density at radius 2 is 2.06 bits per heavy atom. The van der Waals surface area contributed by atoms with Gasteiger partial charge >= 0.3 is 0 Å². The Balaban J connectivity index is 1.66. The molecule has 3 heterocycles. The van der Waals surface area contributed by atoms with Gasteiger partial charge in [-0.2, -0.15) is 5.10 Å². The van der Waals surface area contributed by atoms with E-state index in [1.165, 1.54) is 0 Å². The number of ether oxygens (including phenoxy) is 1. The van der Waals surface area contributed by atoms with E-state index >= 15 is 0 Å². The molecule has 1 aromatic carbocycles. The number of aromatic nitrogens is 4. The standard InChI is InChI=1S/C24H32N6O4/c1-4-6-18-20-21(29(3)27-18)24(32)26-22(25-20)17-13-15(7-8-19(17)34-5-2)14-30-11-9-16(10-12-30)23(31)28-33/h7-8,13,16,33H,4-6,9-12,14H2,1-3H3,(H,28,31)(H,25,26,32). The molecule has 1 amide bonds. The lowest BCUT2D eigenvalue weighted by Gasteiger charge is -2.31. The van der Waals surface area contributed by atoms with Crippen LogP contribution in [0.5, 0.6) is 5.75 Å². The van der Waals surface area contributed by atoms with Crippen molar-refractivity contribution < 1.29 is 14.7 Å². The van der Waals surface area contributed by atoms with Crippen LogP contribution in [0.15, 0.2) is 23.0 Å². The average Bonchev–Trinajstić information content (AvgIpc) is 3.16. The van der Waals surface area contributed by atoms with Gasteiger partial charge in [0.05, 0.1) is 17.9 Å². The second-order valence-corrected chi connectivity index (χ2v) is 8.72. The zero-order valence-electron chi connectivity index (χ0n) is 19.9. The number of piperidine rings is 1. The minimum atomic E-state index is -0.314. The molecule has 3 aromatic rings. The molecule has 182 valence electrons. The van der Waals surface area contributed by atoms with E-state index < -0.39 is 0 Å². The van der Waals surface area contributed by atoms with E-state index in [9.17, 15) is 9.59 Å². The molecule has 10 heteroatoms. The van der Waals surface area contributed by atoms with Gasteiger partial charge in [-0.05, 0) is 57.0 Å². The number of carbonyl (C=O) groups excluding carboxylic acids is 1. The Labute approximate surface area is 197 Å². The summed E-state index contributed by atoms with van der Waals surface area (Å²) in [6, 6.07) is 5.95. The lowest BCUT2D eigenvalue weighted by molar-refractivity contribution is -0.134. The summed E-state index contributed by atoms with van der Waals surface area (Å²) in [5.74, 6) is 0.653. The number of likely N-dealkylation sites (tertiary alicyclic amines) is 1. The summed E-state index contributed by atoms with van der Waals surface area (Å²) in [7, 11) is 1.76. The van der Waals surface area contributed by atoms with Crippen molar-refractivity contribution in [3.8, 4) is 17.1 Å². The molecule has 0 spiro atoms. The van der Waals surface area contributed by atoms with Gasteiger partial charge < -0.3 is 9.72 Å². The van der Waals surface area contributed by atoms with Gasteiger partial charge in [-0.1, -0.05) is 19.4 Å². The number of amides is 1. The first kappa shape index (κ1) is 23.9. The van der Waals surface area contributed by atoms with E-state index in [4.69, 9.17) is 14.9 Å². The van der Waals surface area contributed by atoms with Gasteiger partial charge in [0.25, 0.3) is 5.56 Å². The van der Waals surface area contributed by atoms with E-state index in [1.54, 1.807) is 17.2 Å². The van der Waals surface area contributed by atoms with E-state index in [0.29, 0.717) is 48.6 Å².